The van der Waals surface area contributed by atoms with Crippen LogP contribution < -0.4 is 5.32 Å². The molecule has 0 saturated carbocycles. The van der Waals surface area contributed by atoms with E-state index in [1.807, 2.05) is 36.5 Å². The van der Waals surface area contributed by atoms with E-state index in [-0.39, 0.29) is 5.82 Å². The van der Waals surface area contributed by atoms with Gasteiger partial charge in [-0.3, -0.25) is 0 Å². The van der Waals surface area contributed by atoms with Gasteiger partial charge in [-0.2, -0.15) is 13.2 Å². The van der Waals surface area contributed by atoms with Crippen molar-refractivity contribution in [3.8, 4) is 0 Å². The highest BCUT2D eigenvalue weighted by Gasteiger charge is 2.30. The Balaban J connectivity index is 1.30. The van der Waals surface area contributed by atoms with Gasteiger partial charge in [-0.05, 0) is 72.8 Å². The molecular formula is C28H28F4N2O. The van der Waals surface area contributed by atoms with Crippen LogP contribution in [0.4, 0.5) is 17.6 Å². The predicted molar refractivity (Wildman–Crippen MR) is 130 cm³/mol. The van der Waals surface area contributed by atoms with Gasteiger partial charge in [0.15, 0.2) is 0 Å². The number of aromatic amines is 1. The standard InChI is InChI=1S/C28H28F4N2O/c29-25-16-22(11-14-35-19-21-5-2-1-3-6-21)27-23(18-34-26(27)17-25)10-13-33-12-9-20-7-4-8-24(15-20)28(30,31)32/h1-8,15-18,33-34H,9-14,19H2. The molecule has 0 fully saturated rings. The van der Waals surface area contributed by atoms with E-state index < -0.39 is 11.7 Å². The van der Waals surface area contributed by atoms with Gasteiger partial charge in [-0.15, -0.1) is 0 Å². The third-order valence-electron chi connectivity index (χ3n) is 5.95. The molecule has 7 heteroatoms. The van der Waals surface area contributed by atoms with Gasteiger partial charge in [0, 0.05) is 17.1 Å². The Hall–Kier alpha value is -3.16. The van der Waals surface area contributed by atoms with E-state index in [0.717, 1.165) is 33.7 Å². The van der Waals surface area contributed by atoms with Gasteiger partial charge in [0.25, 0.3) is 0 Å². The molecule has 0 aliphatic rings. The molecule has 4 rings (SSSR count). The van der Waals surface area contributed by atoms with Gasteiger partial charge in [0.2, 0.25) is 0 Å². The summed E-state index contributed by atoms with van der Waals surface area (Å²) in [6.45, 7) is 2.22. The van der Waals surface area contributed by atoms with Crippen LogP contribution in [0.5, 0.6) is 0 Å². The highest BCUT2D eigenvalue weighted by Crippen LogP contribution is 2.29. The number of H-pyrrole nitrogens is 1. The minimum absolute atomic E-state index is 0.289. The molecule has 2 N–H and O–H groups in total. The second kappa shape index (κ2) is 11.5. The van der Waals surface area contributed by atoms with Crippen LogP contribution in [0.1, 0.15) is 27.8 Å². The largest absolute Gasteiger partial charge is 0.416 e. The Kier molecular flexibility index (Phi) is 8.21. The summed E-state index contributed by atoms with van der Waals surface area (Å²) >= 11 is 0. The molecule has 0 aliphatic heterocycles. The van der Waals surface area contributed by atoms with Crippen molar-refractivity contribution in [2.45, 2.75) is 32.0 Å². The van der Waals surface area contributed by atoms with Crippen molar-refractivity contribution in [3.05, 3.63) is 107 Å². The average Bonchev–Trinajstić information content (AvgIpc) is 3.24. The van der Waals surface area contributed by atoms with E-state index in [9.17, 15) is 17.6 Å². The Bertz CT molecular complexity index is 1230. The zero-order valence-corrected chi connectivity index (χ0v) is 19.3. The molecule has 35 heavy (non-hydrogen) atoms. The van der Waals surface area contributed by atoms with E-state index in [2.05, 4.69) is 10.3 Å². The van der Waals surface area contributed by atoms with Crippen molar-refractivity contribution < 1.29 is 22.3 Å². The first kappa shape index (κ1) is 24.9. The maximum Gasteiger partial charge on any atom is 0.416 e. The fourth-order valence-electron chi connectivity index (χ4n) is 4.22. The summed E-state index contributed by atoms with van der Waals surface area (Å²) in [4.78, 5) is 3.16. The predicted octanol–water partition coefficient (Wildman–Crippen LogP) is 6.46. The number of alkyl halides is 3. The van der Waals surface area contributed by atoms with Crippen LogP contribution in [-0.4, -0.2) is 24.7 Å². The van der Waals surface area contributed by atoms with E-state index in [0.29, 0.717) is 51.1 Å². The van der Waals surface area contributed by atoms with Gasteiger partial charge in [-0.1, -0.05) is 48.5 Å². The topological polar surface area (TPSA) is 37.0 Å². The summed E-state index contributed by atoms with van der Waals surface area (Å²) in [6.07, 6.45) is -0.622. The molecule has 0 amide bonds. The van der Waals surface area contributed by atoms with Crippen LogP contribution in [0.2, 0.25) is 0 Å². The number of hydrogen-bond donors (Lipinski definition) is 2. The highest BCUT2D eigenvalue weighted by atomic mass is 19.4. The smallest absolute Gasteiger partial charge is 0.376 e. The normalized spacial score (nSPS) is 11.9. The fraction of sp³-hybridized carbons (Fsp3) is 0.286. The lowest BCUT2D eigenvalue weighted by Gasteiger charge is -2.10. The van der Waals surface area contributed by atoms with Crippen molar-refractivity contribution in [1.82, 2.24) is 10.3 Å². The van der Waals surface area contributed by atoms with Crippen LogP contribution >= 0.6 is 0 Å². The molecule has 1 aromatic heterocycles. The first-order valence-electron chi connectivity index (χ1n) is 11.7. The first-order valence-corrected chi connectivity index (χ1v) is 11.7. The number of ether oxygens (including phenoxy) is 1. The van der Waals surface area contributed by atoms with E-state index >= 15 is 0 Å². The summed E-state index contributed by atoms with van der Waals surface area (Å²) in [5, 5.41) is 4.31. The number of hydrogen-bond acceptors (Lipinski definition) is 2. The number of aromatic nitrogens is 1. The van der Waals surface area contributed by atoms with Crippen LogP contribution in [0.3, 0.4) is 0 Å². The van der Waals surface area contributed by atoms with Crippen molar-refractivity contribution in [2.75, 3.05) is 19.7 Å². The number of nitrogens with one attached hydrogen (secondary N) is 2. The van der Waals surface area contributed by atoms with Gasteiger partial charge < -0.3 is 15.0 Å². The number of halogens is 4. The number of benzene rings is 3. The molecule has 0 bridgehead atoms. The molecule has 0 spiro atoms. The van der Waals surface area contributed by atoms with Gasteiger partial charge in [0.1, 0.15) is 5.82 Å². The zero-order valence-electron chi connectivity index (χ0n) is 19.3. The summed E-state index contributed by atoms with van der Waals surface area (Å²) in [7, 11) is 0. The fourth-order valence-corrected chi connectivity index (χ4v) is 4.22. The second-order valence-corrected chi connectivity index (χ2v) is 8.54. The Morgan fingerprint density at radius 2 is 1.57 bits per heavy atom. The number of fused-ring (bicyclic) bond motifs is 1. The van der Waals surface area contributed by atoms with Crippen LogP contribution in [0, 0.1) is 5.82 Å². The molecule has 0 unspecified atom stereocenters. The molecule has 184 valence electrons. The molecule has 0 radical (unpaired) electrons. The Morgan fingerprint density at radius 3 is 2.37 bits per heavy atom. The van der Waals surface area contributed by atoms with Crippen LogP contribution in [-0.2, 0) is 36.8 Å². The quantitative estimate of drug-likeness (QED) is 0.189. The van der Waals surface area contributed by atoms with E-state index in [1.165, 1.54) is 18.2 Å². The van der Waals surface area contributed by atoms with E-state index in [1.54, 1.807) is 12.1 Å². The lowest BCUT2D eigenvalue weighted by Crippen LogP contribution is -2.20. The van der Waals surface area contributed by atoms with Crippen molar-refractivity contribution in [3.63, 3.8) is 0 Å². The molecule has 0 aliphatic carbocycles. The van der Waals surface area contributed by atoms with Crippen molar-refractivity contribution in [1.29, 1.82) is 0 Å². The first-order chi connectivity index (χ1) is 16.9. The maximum atomic E-state index is 14.2. The minimum atomic E-state index is -4.33. The highest BCUT2D eigenvalue weighted by molar-refractivity contribution is 5.86. The van der Waals surface area contributed by atoms with Crippen molar-refractivity contribution in [2.24, 2.45) is 0 Å². The summed E-state index contributed by atoms with van der Waals surface area (Å²) < 4.78 is 58.6. The molecule has 1 heterocycles. The molecule has 3 nitrogen and oxygen atoms in total. The second-order valence-electron chi connectivity index (χ2n) is 8.54. The molecule has 3 aromatic carbocycles. The third kappa shape index (κ3) is 6.93. The lowest BCUT2D eigenvalue weighted by atomic mass is 10.0. The number of rotatable bonds is 11. The van der Waals surface area contributed by atoms with Gasteiger partial charge >= 0.3 is 6.18 Å². The average molecular weight is 485 g/mol. The summed E-state index contributed by atoms with van der Waals surface area (Å²) in [5.74, 6) is -0.289. The minimum Gasteiger partial charge on any atom is -0.376 e. The Morgan fingerprint density at radius 1 is 0.800 bits per heavy atom. The lowest BCUT2D eigenvalue weighted by molar-refractivity contribution is -0.137. The van der Waals surface area contributed by atoms with Gasteiger partial charge in [-0.25, -0.2) is 4.39 Å². The summed E-state index contributed by atoms with van der Waals surface area (Å²) in [5.41, 5.74) is 3.84. The third-order valence-corrected chi connectivity index (χ3v) is 5.95. The van der Waals surface area contributed by atoms with Crippen LogP contribution in [0.25, 0.3) is 10.9 Å². The molecule has 0 atom stereocenters. The van der Waals surface area contributed by atoms with Crippen molar-refractivity contribution >= 4 is 10.9 Å². The summed E-state index contributed by atoms with van der Waals surface area (Å²) in [6, 6.07) is 18.4. The zero-order chi connectivity index (χ0) is 24.7. The molecular weight excluding hydrogens is 456 g/mol. The maximum absolute atomic E-state index is 14.2. The van der Waals surface area contributed by atoms with Gasteiger partial charge in [0.05, 0.1) is 18.8 Å². The monoisotopic (exact) mass is 484 g/mol. The molecule has 4 aromatic rings. The van der Waals surface area contributed by atoms with E-state index in [4.69, 9.17) is 4.74 Å². The molecule has 0 saturated heterocycles. The van der Waals surface area contributed by atoms with Crippen LogP contribution in [0.15, 0.2) is 72.9 Å². The Labute approximate surface area is 202 Å². The SMILES string of the molecule is Fc1cc(CCOCc2ccccc2)c2c(CCNCCc3cccc(C(F)(F)F)c3)c[nH]c2c1.